The number of carbonyl (C=O) groups is 1. The maximum Gasteiger partial charge on any atom is 0.303 e. The average Bonchev–Trinajstić information content (AvgIpc) is 2.90. The van der Waals surface area contributed by atoms with Gasteiger partial charge in [-0.25, -0.2) is 0 Å². The first-order valence-corrected chi connectivity index (χ1v) is 12.0. The summed E-state index contributed by atoms with van der Waals surface area (Å²) in [6.45, 7) is 1.81. The van der Waals surface area contributed by atoms with E-state index < -0.39 is 42.6 Å². The van der Waals surface area contributed by atoms with Crippen molar-refractivity contribution in [2.24, 2.45) is 0 Å². The highest BCUT2D eigenvalue weighted by Gasteiger charge is 2.53. The second-order valence-electron chi connectivity index (χ2n) is 8.84. The lowest BCUT2D eigenvalue weighted by Crippen LogP contribution is -2.66. The summed E-state index contributed by atoms with van der Waals surface area (Å²) in [6, 6.07) is 28.5. The lowest BCUT2D eigenvalue weighted by molar-refractivity contribution is -0.266. The maximum absolute atomic E-state index is 12.0. The predicted octanol–water partition coefficient (Wildman–Crippen LogP) is 3.41. The van der Waals surface area contributed by atoms with Crippen molar-refractivity contribution in [3.63, 3.8) is 0 Å². The van der Waals surface area contributed by atoms with Crippen molar-refractivity contribution in [1.29, 1.82) is 0 Å². The van der Waals surface area contributed by atoms with Gasteiger partial charge < -0.3 is 29.2 Å². The van der Waals surface area contributed by atoms with Crippen LogP contribution in [0.5, 0.6) is 0 Å². The van der Waals surface area contributed by atoms with Gasteiger partial charge in [0.15, 0.2) is 6.10 Å². The Morgan fingerprint density at radius 2 is 0.944 bits per heavy atom. The molecule has 3 aromatic rings. The molecule has 1 aliphatic carbocycles. The zero-order valence-corrected chi connectivity index (χ0v) is 20.2. The summed E-state index contributed by atoms with van der Waals surface area (Å²) in [5.41, 5.74) is 2.68. The van der Waals surface area contributed by atoms with Gasteiger partial charge in [0, 0.05) is 6.92 Å². The molecule has 0 amide bonds. The molecule has 7 nitrogen and oxygen atoms in total. The third-order valence-electron chi connectivity index (χ3n) is 6.15. The van der Waals surface area contributed by atoms with Gasteiger partial charge in [-0.3, -0.25) is 4.79 Å². The summed E-state index contributed by atoms with van der Waals surface area (Å²) >= 11 is 0. The van der Waals surface area contributed by atoms with Crippen LogP contribution in [0.25, 0.3) is 0 Å². The van der Waals surface area contributed by atoms with E-state index in [9.17, 15) is 15.0 Å². The molecular formula is C29H32O7. The van der Waals surface area contributed by atoms with E-state index >= 15 is 0 Å². The normalized spacial score (nSPS) is 25.9. The van der Waals surface area contributed by atoms with Gasteiger partial charge >= 0.3 is 5.97 Å². The van der Waals surface area contributed by atoms with Crippen LogP contribution >= 0.6 is 0 Å². The fourth-order valence-electron chi connectivity index (χ4n) is 4.36. The standard InChI is InChI=1S/C29H32O7/c1-20(30)36-28-25(32)26(33-17-21-11-5-2-6-12-21)24(31)27(34-18-22-13-7-3-8-14-22)29(28)35-19-23-15-9-4-10-16-23/h2-16,24-29,31-32H,17-19H2,1H3/t24-,25-,26+,27-,28+,29+/m0/s1. The van der Waals surface area contributed by atoms with Gasteiger partial charge in [-0.1, -0.05) is 91.0 Å². The quantitative estimate of drug-likeness (QED) is 0.419. The number of carbonyl (C=O) groups excluding carboxylic acids is 1. The number of hydrogen-bond acceptors (Lipinski definition) is 7. The van der Waals surface area contributed by atoms with Crippen molar-refractivity contribution in [3.8, 4) is 0 Å². The van der Waals surface area contributed by atoms with Gasteiger partial charge in [-0.05, 0) is 16.7 Å². The fraction of sp³-hybridized carbons (Fsp3) is 0.345. The zero-order chi connectivity index (χ0) is 25.3. The Bertz CT molecular complexity index is 1060. The molecule has 0 heterocycles. The second-order valence-corrected chi connectivity index (χ2v) is 8.84. The van der Waals surface area contributed by atoms with E-state index in [0.29, 0.717) is 0 Å². The molecule has 190 valence electrons. The van der Waals surface area contributed by atoms with Crippen molar-refractivity contribution in [1.82, 2.24) is 0 Å². The lowest BCUT2D eigenvalue weighted by Gasteiger charge is -2.46. The summed E-state index contributed by atoms with van der Waals surface area (Å²) in [6.07, 6.45) is -6.59. The van der Waals surface area contributed by atoms with Crippen LogP contribution in [0.2, 0.25) is 0 Å². The molecule has 1 fully saturated rings. The molecule has 0 unspecified atom stereocenters. The maximum atomic E-state index is 12.0. The molecule has 1 aliphatic rings. The van der Waals surface area contributed by atoms with Gasteiger partial charge in [0.25, 0.3) is 0 Å². The summed E-state index contributed by atoms with van der Waals surface area (Å²) in [5, 5.41) is 22.5. The minimum absolute atomic E-state index is 0.160. The van der Waals surface area contributed by atoms with Crippen LogP contribution in [0.15, 0.2) is 91.0 Å². The van der Waals surface area contributed by atoms with E-state index in [4.69, 9.17) is 18.9 Å². The molecule has 0 bridgehead atoms. The van der Waals surface area contributed by atoms with Crippen LogP contribution in [0.3, 0.4) is 0 Å². The van der Waals surface area contributed by atoms with Crippen molar-refractivity contribution in [2.75, 3.05) is 0 Å². The van der Waals surface area contributed by atoms with E-state index in [2.05, 4.69) is 0 Å². The van der Waals surface area contributed by atoms with E-state index in [0.717, 1.165) is 16.7 Å². The number of hydrogen-bond donors (Lipinski definition) is 2. The first-order valence-electron chi connectivity index (χ1n) is 12.0. The van der Waals surface area contributed by atoms with Gasteiger partial charge in [0.05, 0.1) is 19.8 Å². The Hall–Kier alpha value is -3.07. The molecule has 0 saturated heterocycles. The molecule has 0 radical (unpaired) electrons. The van der Waals surface area contributed by atoms with Crippen LogP contribution in [0, 0.1) is 0 Å². The first-order chi connectivity index (χ1) is 17.5. The summed E-state index contributed by atoms with van der Waals surface area (Å²) < 4.78 is 23.8. The molecule has 0 spiro atoms. The van der Waals surface area contributed by atoms with Crippen LogP contribution < -0.4 is 0 Å². The smallest absolute Gasteiger partial charge is 0.303 e. The number of aliphatic hydroxyl groups excluding tert-OH is 2. The lowest BCUT2D eigenvalue weighted by atomic mass is 9.84. The first kappa shape index (κ1) is 26.0. The van der Waals surface area contributed by atoms with Crippen molar-refractivity contribution in [2.45, 2.75) is 63.4 Å². The Kier molecular flexibility index (Phi) is 9.22. The third kappa shape index (κ3) is 6.78. The molecular weight excluding hydrogens is 460 g/mol. The minimum atomic E-state index is -1.33. The van der Waals surface area contributed by atoms with Crippen molar-refractivity contribution >= 4 is 5.97 Å². The van der Waals surface area contributed by atoms with E-state index in [1.165, 1.54) is 6.92 Å². The monoisotopic (exact) mass is 492 g/mol. The summed E-state index contributed by atoms with van der Waals surface area (Å²) in [4.78, 5) is 12.0. The predicted molar refractivity (Wildman–Crippen MR) is 133 cm³/mol. The van der Waals surface area contributed by atoms with Crippen molar-refractivity contribution in [3.05, 3.63) is 108 Å². The van der Waals surface area contributed by atoms with Crippen LogP contribution in [-0.2, 0) is 43.6 Å². The van der Waals surface area contributed by atoms with Gasteiger partial charge in [-0.2, -0.15) is 0 Å². The minimum Gasteiger partial charge on any atom is -0.457 e. The highest BCUT2D eigenvalue weighted by Crippen LogP contribution is 2.32. The Balaban J connectivity index is 1.58. The molecule has 6 atom stereocenters. The van der Waals surface area contributed by atoms with Gasteiger partial charge in [0.1, 0.15) is 30.5 Å². The molecule has 0 aliphatic heterocycles. The SMILES string of the molecule is CC(=O)O[C@@H]1[C@@H](O)[C@H](OCc2ccccc2)[C@H](O)[C@H](OCc2ccccc2)[C@H]1OCc1ccccc1. The van der Waals surface area contributed by atoms with Crippen LogP contribution in [0.1, 0.15) is 23.6 Å². The van der Waals surface area contributed by atoms with Crippen LogP contribution in [0.4, 0.5) is 0 Å². The topological polar surface area (TPSA) is 94.5 Å². The Morgan fingerprint density at radius 1 is 0.583 bits per heavy atom. The summed E-state index contributed by atoms with van der Waals surface area (Å²) in [7, 11) is 0. The van der Waals surface area contributed by atoms with E-state index in [1.807, 2.05) is 91.0 Å². The molecule has 1 saturated carbocycles. The number of rotatable bonds is 10. The molecule has 36 heavy (non-hydrogen) atoms. The van der Waals surface area contributed by atoms with Crippen molar-refractivity contribution < 1.29 is 34.0 Å². The Morgan fingerprint density at radius 3 is 1.36 bits per heavy atom. The largest absolute Gasteiger partial charge is 0.457 e. The van der Waals surface area contributed by atoms with Gasteiger partial charge in [0.2, 0.25) is 0 Å². The highest BCUT2D eigenvalue weighted by atomic mass is 16.6. The second kappa shape index (κ2) is 12.8. The fourth-order valence-corrected chi connectivity index (χ4v) is 4.36. The third-order valence-corrected chi connectivity index (χ3v) is 6.15. The molecule has 4 rings (SSSR count). The Labute approximate surface area is 211 Å². The molecule has 7 heteroatoms. The van der Waals surface area contributed by atoms with E-state index in [-0.39, 0.29) is 19.8 Å². The van der Waals surface area contributed by atoms with Gasteiger partial charge in [-0.15, -0.1) is 0 Å². The molecule has 2 N–H and O–H groups in total. The zero-order valence-electron chi connectivity index (χ0n) is 20.2. The number of benzene rings is 3. The average molecular weight is 493 g/mol. The van der Waals surface area contributed by atoms with Crippen LogP contribution in [-0.4, -0.2) is 52.8 Å². The highest BCUT2D eigenvalue weighted by molar-refractivity contribution is 5.66. The number of ether oxygens (including phenoxy) is 4. The number of esters is 1. The molecule has 0 aromatic heterocycles. The van der Waals surface area contributed by atoms with E-state index in [1.54, 1.807) is 0 Å². The number of aliphatic hydroxyl groups is 2. The summed E-state index contributed by atoms with van der Waals surface area (Å²) in [5.74, 6) is -0.577. The molecule has 3 aromatic carbocycles.